The molecule has 0 radical (unpaired) electrons. The maximum Gasteiger partial charge on any atom is 0.117 e. The highest BCUT2D eigenvalue weighted by molar-refractivity contribution is 5.07. The van der Waals surface area contributed by atoms with Crippen LogP contribution < -0.4 is 5.32 Å². The molecule has 1 atom stereocenters. The van der Waals surface area contributed by atoms with Gasteiger partial charge < -0.3 is 14.5 Å². The monoisotopic (exact) mass is 262 g/mol. The van der Waals surface area contributed by atoms with E-state index in [9.17, 15) is 0 Å². The summed E-state index contributed by atoms with van der Waals surface area (Å²) < 4.78 is 12.9. The fraction of sp³-hybridized carbons (Fsp3) is 0.538. The normalized spacial score (nSPS) is 19.1. The van der Waals surface area contributed by atoms with E-state index in [4.69, 9.17) is 9.15 Å². The maximum atomic E-state index is 5.70. The first-order valence-electron chi connectivity index (χ1n) is 6.52. The number of aryl methyl sites for hydroxylation is 1. The minimum Gasteiger partial charge on any atom is -0.468 e. The Labute approximate surface area is 111 Å². The molecule has 0 unspecified atom stereocenters. The van der Waals surface area contributed by atoms with E-state index in [-0.39, 0.29) is 0 Å². The molecule has 1 aliphatic rings. The van der Waals surface area contributed by atoms with Crippen LogP contribution in [0.25, 0.3) is 0 Å². The van der Waals surface area contributed by atoms with Crippen LogP contribution in [0.4, 0.5) is 0 Å². The standard InChI is InChI=1S/C13H18N4O2/c1-10-13-9-18-8-11(7-17(13)16-15-10)5-14-6-12-3-2-4-19-12/h2-4,11,14H,5-9H2,1H3/t11-/m1/s1. The van der Waals surface area contributed by atoms with Gasteiger partial charge in [-0.15, -0.1) is 5.10 Å². The van der Waals surface area contributed by atoms with Crippen LogP contribution in [0, 0.1) is 12.8 Å². The maximum absolute atomic E-state index is 5.70. The van der Waals surface area contributed by atoms with Gasteiger partial charge in [0.05, 0.1) is 37.4 Å². The number of furan rings is 1. The lowest BCUT2D eigenvalue weighted by atomic mass is 10.1. The van der Waals surface area contributed by atoms with Gasteiger partial charge >= 0.3 is 0 Å². The molecule has 6 nitrogen and oxygen atoms in total. The molecule has 102 valence electrons. The van der Waals surface area contributed by atoms with Crippen molar-refractivity contribution in [3.8, 4) is 0 Å². The van der Waals surface area contributed by atoms with Gasteiger partial charge in [-0.3, -0.25) is 0 Å². The summed E-state index contributed by atoms with van der Waals surface area (Å²) in [4.78, 5) is 0. The molecule has 19 heavy (non-hydrogen) atoms. The minimum atomic E-state index is 0.400. The van der Waals surface area contributed by atoms with Crippen molar-refractivity contribution in [1.29, 1.82) is 0 Å². The predicted octanol–water partition coefficient (Wildman–Crippen LogP) is 1.12. The van der Waals surface area contributed by atoms with Crippen LogP contribution >= 0.6 is 0 Å². The zero-order chi connectivity index (χ0) is 13.1. The fourth-order valence-electron chi connectivity index (χ4n) is 2.30. The zero-order valence-corrected chi connectivity index (χ0v) is 11.0. The van der Waals surface area contributed by atoms with Crippen molar-refractivity contribution < 1.29 is 9.15 Å². The van der Waals surface area contributed by atoms with Gasteiger partial charge in [-0.05, 0) is 19.1 Å². The van der Waals surface area contributed by atoms with E-state index in [0.29, 0.717) is 12.5 Å². The molecule has 2 aromatic rings. The van der Waals surface area contributed by atoms with Gasteiger partial charge in [0, 0.05) is 19.0 Å². The van der Waals surface area contributed by atoms with Gasteiger partial charge in [-0.1, -0.05) is 5.21 Å². The predicted molar refractivity (Wildman–Crippen MR) is 68.3 cm³/mol. The molecule has 2 aromatic heterocycles. The van der Waals surface area contributed by atoms with Crippen molar-refractivity contribution in [2.75, 3.05) is 13.2 Å². The average Bonchev–Trinajstić information content (AvgIpc) is 2.97. The number of fused-ring (bicyclic) bond motifs is 1. The summed E-state index contributed by atoms with van der Waals surface area (Å²) in [7, 11) is 0. The van der Waals surface area contributed by atoms with E-state index in [1.165, 1.54) is 0 Å². The number of nitrogens with zero attached hydrogens (tertiary/aromatic N) is 3. The van der Waals surface area contributed by atoms with Crippen LogP contribution in [0.1, 0.15) is 17.1 Å². The topological polar surface area (TPSA) is 65.1 Å². The molecular weight excluding hydrogens is 244 g/mol. The summed E-state index contributed by atoms with van der Waals surface area (Å²) in [6.45, 7) is 5.78. The first-order valence-corrected chi connectivity index (χ1v) is 6.52. The lowest BCUT2D eigenvalue weighted by molar-refractivity contribution is 0.0935. The third-order valence-electron chi connectivity index (χ3n) is 3.37. The number of ether oxygens (including phenoxy) is 1. The highest BCUT2D eigenvalue weighted by Gasteiger charge is 2.19. The molecule has 6 heteroatoms. The van der Waals surface area contributed by atoms with Crippen LogP contribution in [-0.2, 0) is 24.4 Å². The summed E-state index contributed by atoms with van der Waals surface area (Å²) >= 11 is 0. The van der Waals surface area contributed by atoms with E-state index < -0.39 is 0 Å². The van der Waals surface area contributed by atoms with Gasteiger partial charge in [0.2, 0.25) is 0 Å². The van der Waals surface area contributed by atoms with Gasteiger partial charge in [0.25, 0.3) is 0 Å². The summed E-state index contributed by atoms with van der Waals surface area (Å²) in [6, 6.07) is 3.87. The van der Waals surface area contributed by atoms with E-state index in [1.807, 2.05) is 23.7 Å². The Morgan fingerprint density at radius 1 is 1.53 bits per heavy atom. The van der Waals surface area contributed by atoms with Gasteiger partial charge in [0.1, 0.15) is 5.76 Å². The van der Waals surface area contributed by atoms with Crippen LogP contribution in [0.15, 0.2) is 22.8 Å². The van der Waals surface area contributed by atoms with Crippen molar-refractivity contribution in [3.05, 3.63) is 35.5 Å². The molecule has 0 spiro atoms. The van der Waals surface area contributed by atoms with E-state index in [0.717, 1.165) is 43.4 Å². The molecule has 0 amide bonds. The first-order chi connectivity index (χ1) is 9.33. The van der Waals surface area contributed by atoms with E-state index in [2.05, 4.69) is 15.6 Å². The number of nitrogens with one attached hydrogen (secondary N) is 1. The molecule has 0 saturated heterocycles. The SMILES string of the molecule is Cc1nnn2c1COC[C@H](CNCc1ccco1)C2. The van der Waals surface area contributed by atoms with Crippen LogP contribution in [0.3, 0.4) is 0 Å². The Bertz CT molecular complexity index is 521. The van der Waals surface area contributed by atoms with Gasteiger partial charge in [0.15, 0.2) is 0 Å². The smallest absolute Gasteiger partial charge is 0.117 e. The second-order valence-electron chi connectivity index (χ2n) is 4.90. The zero-order valence-electron chi connectivity index (χ0n) is 11.0. The molecule has 1 N–H and O–H groups in total. The third kappa shape index (κ3) is 2.85. The molecular formula is C13H18N4O2. The first kappa shape index (κ1) is 12.4. The largest absolute Gasteiger partial charge is 0.468 e. The highest BCUT2D eigenvalue weighted by atomic mass is 16.5. The van der Waals surface area contributed by atoms with Crippen molar-refractivity contribution in [2.45, 2.75) is 26.6 Å². The van der Waals surface area contributed by atoms with Gasteiger partial charge in [-0.25, -0.2) is 4.68 Å². The molecule has 0 aromatic carbocycles. The Morgan fingerprint density at radius 3 is 3.32 bits per heavy atom. The van der Waals surface area contributed by atoms with Crippen molar-refractivity contribution in [2.24, 2.45) is 5.92 Å². The number of hydrogen-bond donors (Lipinski definition) is 1. The quantitative estimate of drug-likeness (QED) is 0.894. The number of hydrogen-bond acceptors (Lipinski definition) is 5. The third-order valence-corrected chi connectivity index (χ3v) is 3.37. The molecule has 3 heterocycles. The second-order valence-corrected chi connectivity index (χ2v) is 4.90. The Hall–Kier alpha value is -1.66. The van der Waals surface area contributed by atoms with Crippen LogP contribution in [0.5, 0.6) is 0 Å². The Balaban J connectivity index is 1.54. The summed E-state index contributed by atoms with van der Waals surface area (Å²) in [6.07, 6.45) is 1.69. The molecule has 0 aliphatic carbocycles. The van der Waals surface area contributed by atoms with E-state index >= 15 is 0 Å². The van der Waals surface area contributed by atoms with Crippen molar-refractivity contribution in [1.82, 2.24) is 20.3 Å². The van der Waals surface area contributed by atoms with Crippen LogP contribution in [-0.4, -0.2) is 28.1 Å². The molecule has 0 fully saturated rings. The highest BCUT2D eigenvalue weighted by Crippen LogP contribution is 2.14. The Morgan fingerprint density at radius 2 is 2.47 bits per heavy atom. The fourth-order valence-corrected chi connectivity index (χ4v) is 2.30. The number of aromatic nitrogens is 3. The van der Waals surface area contributed by atoms with Crippen molar-refractivity contribution >= 4 is 0 Å². The minimum absolute atomic E-state index is 0.400. The second kappa shape index (κ2) is 5.54. The molecule has 1 aliphatic heterocycles. The molecule has 0 saturated carbocycles. The number of rotatable bonds is 4. The molecule has 0 bridgehead atoms. The summed E-state index contributed by atoms with van der Waals surface area (Å²) in [5.41, 5.74) is 2.05. The lowest BCUT2D eigenvalue weighted by Gasteiger charge is -2.14. The van der Waals surface area contributed by atoms with E-state index in [1.54, 1.807) is 6.26 Å². The summed E-state index contributed by atoms with van der Waals surface area (Å²) in [5.74, 6) is 1.35. The Kier molecular flexibility index (Phi) is 3.61. The van der Waals surface area contributed by atoms with Crippen LogP contribution in [0.2, 0.25) is 0 Å². The van der Waals surface area contributed by atoms with Gasteiger partial charge in [-0.2, -0.15) is 0 Å². The lowest BCUT2D eigenvalue weighted by Crippen LogP contribution is -2.28. The van der Waals surface area contributed by atoms with Crippen molar-refractivity contribution in [3.63, 3.8) is 0 Å². The molecule has 3 rings (SSSR count). The summed E-state index contributed by atoms with van der Waals surface area (Å²) in [5, 5.41) is 11.6. The average molecular weight is 262 g/mol.